The van der Waals surface area contributed by atoms with Crippen LogP contribution in [0.5, 0.6) is 0 Å². The smallest absolute Gasteiger partial charge is 0.137 e. The van der Waals surface area contributed by atoms with Crippen LogP contribution in [-0.2, 0) is 0 Å². The van der Waals surface area contributed by atoms with Crippen LogP contribution in [0.15, 0.2) is 241 Å². The Bertz CT molecular complexity index is 3300. The molecule has 60 heavy (non-hydrogen) atoms. The van der Waals surface area contributed by atoms with E-state index >= 15 is 0 Å². The molecular weight excluding hydrogens is 727 g/mol. The van der Waals surface area contributed by atoms with E-state index in [1.54, 1.807) is 0 Å². The van der Waals surface area contributed by atoms with Crippen LogP contribution in [0.2, 0.25) is 0 Å². The van der Waals surface area contributed by atoms with Crippen LogP contribution in [0.25, 0.3) is 88.3 Å². The van der Waals surface area contributed by atoms with Crippen molar-refractivity contribution in [3.8, 4) is 55.6 Å². The summed E-state index contributed by atoms with van der Waals surface area (Å²) in [7, 11) is 0. The second kappa shape index (κ2) is 15.1. The van der Waals surface area contributed by atoms with Crippen LogP contribution in [0.4, 0.5) is 17.1 Å². The zero-order valence-electron chi connectivity index (χ0n) is 32.9. The molecule has 0 bridgehead atoms. The highest BCUT2D eigenvalue weighted by Crippen LogP contribution is 2.46. The largest absolute Gasteiger partial charge is 0.456 e. The molecule has 0 aliphatic carbocycles. The fourth-order valence-electron chi connectivity index (χ4n) is 8.89. The van der Waals surface area contributed by atoms with E-state index in [-0.39, 0.29) is 0 Å². The second-order valence-corrected chi connectivity index (χ2v) is 15.2. The van der Waals surface area contributed by atoms with Gasteiger partial charge in [-0.05, 0) is 109 Å². The molecule has 0 aliphatic rings. The van der Waals surface area contributed by atoms with Crippen LogP contribution >= 0.6 is 0 Å². The summed E-state index contributed by atoms with van der Waals surface area (Å²) in [6.45, 7) is 0. The molecule has 0 unspecified atom stereocenters. The van der Waals surface area contributed by atoms with Gasteiger partial charge in [-0.2, -0.15) is 0 Å². The van der Waals surface area contributed by atoms with E-state index in [4.69, 9.17) is 4.42 Å². The van der Waals surface area contributed by atoms with Crippen molar-refractivity contribution >= 4 is 49.8 Å². The molecule has 0 aliphatic heterocycles. The Balaban J connectivity index is 1.10. The summed E-state index contributed by atoms with van der Waals surface area (Å²) in [6, 6.07) is 84.9. The molecule has 1 aromatic heterocycles. The first-order valence-corrected chi connectivity index (χ1v) is 20.5. The summed E-state index contributed by atoms with van der Waals surface area (Å²) in [5, 5.41) is 4.70. The van der Waals surface area contributed by atoms with Gasteiger partial charge in [0.15, 0.2) is 0 Å². The summed E-state index contributed by atoms with van der Waals surface area (Å²) >= 11 is 0. The first kappa shape index (κ1) is 35.2. The van der Waals surface area contributed by atoms with Gasteiger partial charge in [-0.25, -0.2) is 0 Å². The van der Waals surface area contributed by atoms with Gasteiger partial charge >= 0.3 is 0 Å². The standard InChI is InChI=1S/C58H39NO/c1-3-16-40(17-4-1)50-25-9-10-27-55(50)58-51(42-18-5-2-6-19-42)29-15-30-52(58)44-22-13-23-46(38-44)59(47-36-37-54-53-26-11-12-31-56(53)60-57(54)39-47)45-34-32-43(33-35-45)49-28-14-21-41-20-7-8-24-48(41)49/h1-39H. The molecule has 0 fully saturated rings. The summed E-state index contributed by atoms with van der Waals surface area (Å²) < 4.78 is 6.47. The number of hydrogen-bond donors (Lipinski definition) is 0. The predicted octanol–water partition coefficient (Wildman–Crippen LogP) is 16.5. The number of fused-ring (bicyclic) bond motifs is 4. The van der Waals surface area contributed by atoms with Gasteiger partial charge in [0.2, 0.25) is 0 Å². The zero-order chi connectivity index (χ0) is 39.8. The first-order valence-electron chi connectivity index (χ1n) is 20.5. The molecule has 0 saturated carbocycles. The normalized spacial score (nSPS) is 11.3. The van der Waals surface area contributed by atoms with Crippen LogP contribution in [0, 0.1) is 0 Å². The van der Waals surface area contributed by atoms with Gasteiger partial charge in [-0.1, -0.05) is 188 Å². The van der Waals surface area contributed by atoms with Crippen molar-refractivity contribution in [3.05, 3.63) is 237 Å². The van der Waals surface area contributed by atoms with E-state index in [1.165, 1.54) is 60.8 Å². The lowest BCUT2D eigenvalue weighted by molar-refractivity contribution is 0.669. The minimum absolute atomic E-state index is 0.859. The Morgan fingerprint density at radius 3 is 1.57 bits per heavy atom. The molecule has 0 N–H and O–H groups in total. The van der Waals surface area contributed by atoms with Crippen molar-refractivity contribution in [2.45, 2.75) is 0 Å². The Labute approximate surface area is 349 Å². The lowest BCUT2D eigenvalue weighted by Gasteiger charge is -2.27. The summed E-state index contributed by atoms with van der Waals surface area (Å²) in [5.74, 6) is 0. The first-order chi connectivity index (χ1) is 29.8. The molecule has 0 atom stereocenters. The maximum Gasteiger partial charge on any atom is 0.137 e. The second-order valence-electron chi connectivity index (χ2n) is 15.2. The van der Waals surface area contributed by atoms with Crippen molar-refractivity contribution in [2.24, 2.45) is 0 Å². The van der Waals surface area contributed by atoms with Crippen molar-refractivity contribution in [1.82, 2.24) is 0 Å². The van der Waals surface area contributed by atoms with Gasteiger partial charge in [-0.15, -0.1) is 0 Å². The van der Waals surface area contributed by atoms with E-state index in [0.29, 0.717) is 0 Å². The number of rotatable bonds is 8. The van der Waals surface area contributed by atoms with Gasteiger partial charge in [0.1, 0.15) is 11.2 Å². The number of benzene rings is 10. The quantitative estimate of drug-likeness (QED) is 0.153. The number of hydrogen-bond acceptors (Lipinski definition) is 2. The zero-order valence-corrected chi connectivity index (χ0v) is 32.9. The highest BCUT2D eigenvalue weighted by Gasteiger charge is 2.20. The average Bonchev–Trinajstić information content (AvgIpc) is 3.70. The van der Waals surface area contributed by atoms with Crippen LogP contribution in [0.3, 0.4) is 0 Å². The summed E-state index contributed by atoms with van der Waals surface area (Å²) in [4.78, 5) is 2.35. The number of furan rings is 1. The van der Waals surface area contributed by atoms with Crippen molar-refractivity contribution in [1.29, 1.82) is 0 Å². The molecule has 282 valence electrons. The lowest BCUT2D eigenvalue weighted by atomic mass is 9.84. The van der Waals surface area contributed by atoms with Gasteiger partial charge in [0.05, 0.1) is 0 Å². The minimum Gasteiger partial charge on any atom is -0.456 e. The van der Waals surface area contributed by atoms with Gasteiger partial charge in [0, 0.05) is 33.9 Å². The molecule has 11 rings (SSSR count). The Kier molecular flexibility index (Phi) is 8.87. The molecule has 11 aromatic rings. The molecule has 2 heteroatoms. The summed E-state index contributed by atoms with van der Waals surface area (Å²) in [5.41, 5.74) is 16.7. The molecule has 2 nitrogen and oxygen atoms in total. The fourth-order valence-corrected chi connectivity index (χ4v) is 8.89. The van der Waals surface area contributed by atoms with E-state index in [9.17, 15) is 0 Å². The van der Waals surface area contributed by atoms with Crippen LogP contribution in [0.1, 0.15) is 0 Å². The van der Waals surface area contributed by atoms with E-state index in [0.717, 1.165) is 44.6 Å². The van der Waals surface area contributed by atoms with E-state index < -0.39 is 0 Å². The van der Waals surface area contributed by atoms with Crippen LogP contribution in [-0.4, -0.2) is 0 Å². The SMILES string of the molecule is c1ccc(-c2ccccc2-c2c(-c3ccccc3)cccc2-c2cccc(N(c3ccc(-c4cccc5ccccc45)cc3)c3ccc4c(c3)oc3ccccc34)c2)cc1. The molecule has 0 radical (unpaired) electrons. The van der Waals surface area contributed by atoms with Crippen molar-refractivity contribution < 1.29 is 4.42 Å². The lowest BCUT2D eigenvalue weighted by Crippen LogP contribution is -2.10. The number of para-hydroxylation sites is 1. The molecule has 0 saturated heterocycles. The third-order valence-corrected chi connectivity index (χ3v) is 11.7. The Morgan fingerprint density at radius 1 is 0.267 bits per heavy atom. The van der Waals surface area contributed by atoms with Crippen molar-refractivity contribution in [2.75, 3.05) is 4.90 Å². The molecule has 10 aromatic carbocycles. The number of anilines is 3. The van der Waals surface area contributed by atoms with Gasteiger partial charge < -0.3 is 9.32 Å². The topological polar surface area (TPSA) is 16.4 Å². The third kappa shape index (κ3) is 6.32. The minimum atomic E-state index is 0.859. The molecule has 0 spiro atoms. The molecule has 1 heterocycles. The maximum atomic E-state index is 6.47. The predicted molar refractivity (Wildman–Crippen MR) is 253 cm³/mol. The van der Waals surface area contributed by atoms with E-state index in [1.807, 2.05) is 12.1 Å². The Morgan fingerprint density at radius 2 is 0.767 bits per heavy atom. The number of nitrogens with zero attached hydrogens (tertiary/aromatic N) is 1. The summed E-state index contributed by atoms with van der Waals surface area (Å²) in [6.07, 6.45) is 0. The van der Waals surface area contributed by atoms with Gasteiger partial charge in [0.25, 0.3) is 0 Å². The van der Waals surface area contributed by atoms with Gasteiger partial charge in [-0.3, -0.25) is 0 Å². The molecule has 0 amide bonds. The third-order valence-electron chi connectivity index (χ3n) is 11.7. The Hall–Kier alpha value is -7.94. The van der Waals surface area contributed by atoms with Crippen molar-refractivity contribution in [3.63, 3.8) is 0 Å². The van der Waals surface area contributed by atoms with Crippen LogP contribution < -0.4 is 4.90 Å². The monoisotopic (exact) mass is 765 g/mol. The van der Waals surface area contributed by atoms with E-state index in [2.05, 4.69) is 229 Å². The molecular formula is C58H39NO. The highest BCUT2D eigenvalue weighted by molar-refractivity contribution is 6.06. The fraction of sp³-hybridized carbons (Fsp3) is 0. The maximum absolute atomic E-state index is 6.47. The highest BCUT2D eigenvalue weighted by atomic mass is 16.3. The average molecular weight is 766 g/mol.